The van der Waals surface area contributed by atoms with Gasteiger partial charge in [0.15, 0.2) is 5.69 Å². The van der Waals surface area contributed by atoms with E-state index >= 15 is 0 Å². The predicted molar refractivity (Wildman–Crippen MR) is 97.3 cm³/mol. The van der Waals surface area contributed by atoms with E-state index in [9.17, 15) is 37.8 Å². The van der Waals surface area contributed by atoms with Crippen LogP contribution in [0.2, 0.25) is 5.02 Å². The minimum Gasteiger partial charge on any atom is -0.393 e. The minimum atomic E-state index is -5.16. The third-order valence-electron chi connectivity index (χ3n) is 4.09. The monoisotopic (exact) mass is 436 g/mol. The predicted octanol–water partition coefficient (Wildman–Crippen LogP) is 4.92. The van der Waals surface area contributed by atoms with Gasteiger partial charge in [0.2, 0.25) is 0 Å². The number of anilines is 2. The lowest BCUT2D eigenvalue weighted by Gasteiger charge is -2.24. The number of nitrogens with zero attached hydrogens (tertiary/aromatic N) is 3. The lowest BCUT2D eigenvalue weighted by atomic mass is 10.1. The molecule has 2 aromatic rings. The zero-order valence-electron chi connectivity index (χ0n) is 14.7. The van der Waals surface area contributed by atoms with E-state index in [1.165, 1.54) is 19.1 Å². The summed E-state index contributed by atoms with van der Waals surface area (Å²) in [5.74, 6) is -0.791. The third kappa shape index (κ3) is 4.31. The molecule has 2 aromatic carbocycles. The zero-order valence-corrected chi connectivity index (χ0v) is 15.4. The maximum Gasteiger partial charge on any atom is 0.418 e. The van der Waals surface area contributed by atoms with Crippen molar-refractivity contribution < 1.29 is 27.4 Å². The van der Waals surface area contributed by atoms with E-state index in [1.807, 2.05) is 0 Å². The number of nitrogens with two attached hydrogens (primary N) is 1. The Balaban J connectivity index is 2.82. The Labute approximate surface area is 165 Å². The highest BCUT2D eigenvalue weighted by atomic mass is 35.5. The first-order valence-corrected chi connectivity index (χ1v) is 8.28. The fraction of sp³-hybridized carbons (Fsp3) is 0.250. The Morgan fingerprint density at radius 1 is 1.21 bits per heavy atom. The summed E-state index contributed by atoms with van der Waals surface area (Å²) in [5.41, 5.74) is -1.00. The molecule has 0 saturated heterocycles. The fourth-order valence-corrected chi connectivity index (χ4v) is 2.98. The molecule has 13 heteroatoms. The van der Waals surface area contributed by atoms with Crippen LogP contribution in [0.5, 0.6) is 0 Å². The Hall–Kier alpha value is -3.15. The first-order valence-electron chi connectivity index (χ1n) is 7.90. The molecule has 0 amide bonds. The van der Waals surface area contributed by atoms with E-state index in [4.69, 9.17) is 17.3 Å². The Morgan fingerprint density at radius 2 is 1.83 bits per heavy atom. The molecule has 0 atom stereocenters. The number of rotatable bonds is 6. The van der Waals surface area contributed by atoms with Crippen molar-refractivity contribution in [2.24, 2.45) is 0 Å². The third-order valence-corrected chi connectivity index (χ3v) is 4.44. The van der Waals surface area contributed by atoms with E-state index in [0.717, 1.165) is 11.0 Å². The van der Waals surface area contributed by atoms with E-state index in [-0.39, 0.29) is 23.2 Å². The van der Waals surface area contributed by atoms with E-state index in [2.05, 4.69) is 0 Å². The largest absolute Gasteiger partial charge is 0.418 e. The van der Waals surface area contributed by atoms with Crippen molar-refractivity contribution in [2.45, 2.75) is 19.6 Å². The Kier molecular flexibility index (Phi) is 6.16. The van der Waals surface area contributed by atoms with Crippen molar-refractivity contribution >= 4 is 34.4 Å². The van der Waals surface area contributed by atoms with E-state index < -0.39 is 56.7 Å². The molecule has 8 nitrogen and oxygen atoms in total. The summed E-state index contributed by atoms with van der Waals surface area (Å²) in [6.45, 7) is 0.793. The molecule has 0 unspecified atom stereocenters. The molecule has 0 bridgehead atoms. The van der Waals surface area contributed by atoms with Gasteiger partial charge in [-0.05, 0) is 19.1 Å². The topological polar surface area (TPSA) is 116 Å². The summed E-state index contributed by atoms with van der Waals surface area (Å²) in [6.07, 6.45) is -5.16. The standard InChI is InChI=1S/C16H13ClF4N4O4/c1-2-23(7-8-10(17)4-3-5-11(8)18)14-12(24(26)27)6-9(16(19,20)21)13(22)15(14)25(28)29/h3-6H,2,7,22H2,1H3. The van der Waals surface area contributed by atoms with Crippen molar-refractivity contribution in [1.82, 2.24) is 0 Å². The van der Waals surface area contributed by atoms with Gasteiger partial charge >= 0.3 is 11.9 Å². The van der Waals surface area contributed by atoms with Crippen molar-refractivity contribution in [1.29, 1.82) is 0 Å². The van der Waals surface area contributed by atoms with Gasteiger partial charge in [-0.3, -0.25) is 20.2 Å². The summed E-state index contributed by atoms with van der Waals surface area (Å²) in [6, 6.07) is 3.82. The second-order valence-corrected chi connectivity index (χ2v) is 6.19. The zero-order chi connectivity index (χ0) is 22.1. The first kappa shape index (κ1) is 22.1. The molecule has 0 aromatic heterocycles. The van der Waals surface area contributed by atoms with Crippen LogP contribution in [0.4, 0.5) is 40.3 Å². The Morgan fingerprint density at radius 3 is 2.28 bits per heavy atom. The van der Waals surface area contributed by atoms with Gasteiger partial charge < -0.3 is 10.6 Å². The van der Waals surface area contributed by atoms with Crippen LogP contribution in [0, 0.1) is 26.0 Å². The quantitative estimate of drug-likeness (QED) is 0.297. The number of nitro groups is 2. The molecular formula is C16H13ClF4N4O4. The van der Waals surface area contributed by atoms with E-state index in [1.54, 1.807) is 0 Å². The van der Waals surface area contributed by atoms with Crippen LogP contribution in [0.1, 0.15) is 18.1 Å². The molecule has 29 heavy (non-hydrogen) atoms. The van der Waals surface area contributed by atoms with Crippen molar-refractivity contribution in [3.8, 4) is 0 Å². The maximum atomic E-state index is 14.1. The second-order valence-electron chi connectivity index (χ2n) is 5.78. The number of hydrogen-bond acceptors (Lipinski definition) is 6. The van der Waals surface area contributed by atoms with Crippen molar-refractivity contribution in [3.63, 3.8) is 0 Å². The van der Waals surface area contributed by atoms with Crippen molar-refractivity contribution in [3.05, 3.63) is 66.5 Å². The summed E-state index contributed by atoms with van der Waals surface area (Å²) in [5, 5.41) is 22.9. The molecular weight excluding hydrogens is 424 g/mol. The van der Waals surface area contributed by atoms with Crippen LogP contribution in [0.15, 0.2) is 24.3 Å². The van der Waals surface area contributed by atoms with Gasteiger partial charge in [-0.25, -0.2) is 4.39 Å². The smallest absolute Gasteiger partial charge is 0.393 e. The number of alkyl halides is 3. The van der Waals surface area contributed by atoms with Gasteiger partial charge in [0.1, 0.15) is 11.5 Å². The highest BCUT2D eigenvalue weighted by molar-refractivity contribution is 6.31. The minimum absolute atomic E-state index is 0.0614. The van der Waals surface area contributed by atoms with Gasteiger partial charge in [-0.2, -0.15) is 13.2 Å². The average molecular weight is 437 g/mol. The summed E-state index contributed by atoms with van der Waals surface area (Å²) in [4.78, 5) is 21.5. The van der Waals surface area contributed by atoms with Crippen LogP contribution in [0.25, 0.3) is 0 Å². The number of hydrogen-bond donors (Lipinski definition) is 1. The normalized spacial score (nSPS) is 11.4. The van der Waals surface area contributed by atoms with Gasteiger partial charge in [0, 0.05) is 29.7 Å². The number of nitro benzene ring substituents is 2. The van der Waals surface area contributed by atoms with E-state index in [0.29, 0.717) is 0 Å². The molecule has 0 fully saturated rings. The van der Waals surface area contributed by atoms with Crippen LogP contribution >= 0.6 is 11.6 Å². The van der Waals surface area contributed by atoms with Gasteiger partial charge in [-0.1, -0.05) is 17.7 Å². The summed E-state index contributed by atoms with van der Waals surface area (Å²) < 4.78 is 53.7. The molecule has 0 radical (unpaired) electrons. The molecule has 156 valence electrons. The highest BCUT2D eigenvalue weighted by Crippen LogP contribution is 2.48. The second kappa shape index (κ2) is 8.07. The number of halogens is 5. The highest BCUT2D eigenvalue weighted by Gasteiger charge is 2.43. The lowest BCUT2D eigenvalue weighted by molar-refractivity contribution is -0.392. The average Bonchev–Trinajstić information content (AvgIpc) is 2.59. The first-order chi connectivity index (χ1) is 13.4. The fourth-order valence-electron chi connectivity index (χ4n) is 2.75. The van der Waals surface area contributed by atoms with Gasteiger partial charge in [0.05, 0.1) is 15.4 Å². The van der Waals surface area contributed by atoms with Crippen LogP contribution in [-0.4, -0.2) is 16.4 Å². The molecule has 2 rings (SSSR count). The lowest BCUT2D eigenvalue weighted by Crippen LogP contribution is -2.26. The molecule has 0 aliphatic rings. The van der Waals surface area contributed by atoms with Crippen LogP contribution < -0.4 is 10.6 Å². The maximum absolute atomic E-state index is 14.1. The summed E-state index contributed by atoms with van der Waals surface area (Å²) in [7, 11) is 0. The molecule has 0 heterocycles. The summed E-state index contributed by atoms with van der Waals surface area (Å²) >= 11 is 5.93. The van der Waals surface area contributed by atoms with Crippen LogP contribution in [0.3, 0.4) is 0 Å². The molecule has 2 N–H and O–H groups in total. The molecule has 0 saturated carbocycles. The Bertz CT molecular complexity index is 964. The molecule has 0 spiro atoms. The van der Waals surface area contributed by atoms with Crippen LogP contribution in [-0.2, 0) is 12.7 Å². The number of benzene rings is 2. The van der Waals surface area contributed by atoms with Gasteiger partial charge in [-0.15, -0.1) is 0 Å². The van der Waals surface area contributed by atoms with Crippen molar-refractivity contribution in [2.75, 3.05) is 17.2 Å². The number of nitrogen functional groups attached to an aromatic ring is 1. The molecule has 0 aliphatic heterocycles. The molecule has 0 aliphatic carbocycles. The van der Waals surface area contributed by atoms with Gasteiger partial charge in [0.25, 0.3) is 5.69 Å². The SMILES string of the molecule is CCN(Cc1c(F)cccc1Cl)c1c([N+](=O)[O-])cc(C(F)(F)F)c(N)c1[N+](=O)[O-].